The number of aromatic hydroxyl groups is 1. The van der Waals surface area contributed by atoms with Crippen molar-refractivity contribution in [1.29, 1.82) is 0 Å². The second-order valence-corrected chi connectivity index (χ2v) is 9.88. The van der Waals surface area contributed by atoms with Crippen LogP contribution < -0.4 is 4.74 Å². The molecule has 0 amide bonds. The maximum atomic E-state index is 11.9. The van der Waals surface area contributed by atoms with Crippen molar-refractivity contribution in [2.75, 3.05) is 0 Å². The van der Waals surface area contributed by atoms with Crippen molar-refractivity contribution in [3.63, 3.8) is 0 Å². The molecule has 2 aromatic rings. The molecule has 6 heteroatoms. The fourth-order valence-corrected chi connectivity index (χ4v) is 4.50. The van der Waals surface area contributed by atoms with Crippen molar-refractivity contribution in [2.24, 2.45) is 0 Å². The summed E-state index contributed by atoms with van der Waals surface area (Å²) in [6.45, 7) is 2.25. The number of ether oxygens (including phenoxy) is 1. The third-order valence-electron chi connectivity index (χ3n) is 5.65. The van der Waals surface area contributed by atoms with Crippen molar-refractivity contribution in [1.82, 2.24) is 0 Å². The summed E-state index contributed by atoms with van der Waals surface area (Å²) in [5, 5.41) is 9.56. The van der Waals surface area contributed by atoms with E-state index in [-0.39, 0.29) is 16.4 Å². The molecule has 2 N–H and O–H groups in total. The zero-order valence-electron chi connectivity index (χ0n) is 19.3. The topological polar surface area (TPSA) is 83.8 Å². The van der Waals surface area contributed by atoms with E-state index in [2.05, 4.69) is 6.92 Å². The highest BCUT2D eigenvalue weighted by Crippen LogP contribution is 2.31. The molecule has 178 valence electrons. The number of rotatable bonds is 16. The van der Waals surface area contributed by atoms with E-state index in [1.54, 1.807) is 18.2 Å². The van der Waals surface area contributed by atoms with Crippen molar-refractivity contribution >= 4 is 10.1 Å². The van der Waals surface area contributed by atoms with Crippen LogP contribution in [0.5, 0.6) is 17.2 Å². The number of phenols is 1. The minimum absolute atomic E-state index is 0.0134. The maximum Gasteiger partial charge on any atom is 0.298 e. The molecule has 0 aromatic heterocycles. The SMILES string of the molecule is CCCCCCCCCCCCCCc1ccc(Oc2cccc(O)c2)c(S(=O)(=O)O)c1. The maximum absolute atomic E-state index is 11.9. The lowest BCUT2D eigenvalue weighted by Crippen LogP contribution is -2.02. The number of unbranched alkanes of at least 4 members (excludes halogenated alkanes) is 11. The van der Waals surface area contributed by atoms with Crippen LogP contribution in [0.4, 0.5) is 0 Å². The van der Waals surface area contributed by atoms with Gasteiger partial charge in [-0.3, -0.25) is 4.55 Å². The van der Waals surface area contributed by atoms with Gasteiger partial charge in [-0.05, 0) is 42.7 Å². The molecule has 2 rings (SSSR count). The van der Waals surface area contributed by atoms with Crippen molar-refractivity contribution in [2.45, 2.75) is 95.3 Å². The number of phenolic OH excluding ortho intramolecular Hbond substituents is 1. The van der Waals surface area contributed by atoms with Crippen LogP contribution in [0.3, 0.4) is 0 Å². The van der Waals surface area contributed by atoms with E-state index in [1.165, 1.54) is 82.4 Å². The van der Waals surface area contributed by atoms with Gasteiger partial charge in [0.15, 0.2) is 0 Å². The Morgan fingerprint density at radius 3 is 1.94 bits per heavy atom. The lowest BCUT2D eigenvalue weighted by atomic mass is 10.0. The van der Waals surface area contributed by atoms with Gasteiger partial charge in [-0.15, -0.1) is 0 Å². The molecule has 0 fully saturated rings. The van der Waals surface area contributed by atoms with Gasteiger partial charge >= 0.3 is 0 Å². The molecule has 32 heavy (non-hydrogen) atoms. The lowest BCUT2D eigenvalue weighted by molar-refractivity contribution is 0.440. The molecule has 0 bridgehead atoms. The van der Waals surface area contributed by atoms with E-state index in [1.807, 2.05) is 6.07 Å². The van der Waals surface area contributed by atoms with Gasteiger partial charge in [0.2, 0.25) is 0 Å². The Kier molecular flexibility index (Phi) is 11.6. The molecule has 0 spiro atoms. The molecule has 0 aliphatic rings. The number of hydrogen-bond donors (Lipinski definition) is 2. The third kappa shape index (κ3) is 10.0. The number of aryl methyl sites for hydroxylation is 1. The van der Waals surface area contributed by atoms with Crippen LogP contribution in [0.25, 0.3) is 0 Å². The van der Waals surface area contributed by atoms with Crippen molar-refractivity contribution in [3.05, 3.63) is 48.0 Å². The molecule has 0 aliphatic heterocycles. The van der Waals surface area contributed by atoms with E-state index in [9.17, 15) is 18.1 Å². The summed E-state index contributed by atoms with van der Waals surface area (Å²) in [4.78, 5) is -0.253. The molecule has 5 nitrogen and oxygen atoms in total. The Labute approximate surface area is 193 Å². The second kappa shape index (κ2) is 14.2. The summed E-state index contributed by atoms with van der Waals surface area (Å²) < 4.78 is 39.0. The van der Waals surface area contributed by atoms with Crippen molar-refractivity contribution < 1.29 is 22.8 Å². The Hall–Kier alpha value is -2.05. The van der Waals surface area contributed by atoms with Crippen LogP contribution in [0, 0.1) is 0 Å². The van der Waals surface area contributed by atoms with E-state index < -0.39 is 10.1 Å². The molecule has 0 saturated heterocycles. The smallest absolute Gasteiger partial charge is 0.298 e. The molecule has 0 radical (unpaired) electrons. The summed E-state index contributed by atoms with van der Waals surface area (Å²) in [6, 6.07) is 10.9. The van der Waals surface area contributed by atoms with Gasteiger partial charge in [-0.25, -0.2) is 0 Å². The Morgan fingerprint density at radius 2 is 1.38 bits per heavy atom. The number of benzene rings is 2. The summed E-state index contributed by atoms with van der Waals surface area (Å²) >= 11 is 0. The van der Waals surface area contributed by atoms with Crippen LogP contribution in [-0.2, 0) is 16.5 Å². The summed E-state index contributed by atoms with van der Waals surface area (Å²) in [5.74, 6) is 0.347. The summed E-state index contributed by atoms with van der Waals surface area (Å²) in [5.41, 5.74) is 0.855. The van der Waals surface area contributed by atoms with Crippen LogP contribution in [0.1, 0.15) is 89.5 Å². The Balaban J connectivity index is 1.75. The molecule has 0 heterocycles. The first-order valence-corrected chi connectivity index (χ1v) is 13.4. The Morgan fingerprint density at radius 1 is 0.781 bits per heavy atom. The fraction of sp³-hybridized carbons (Fsp3) is 0.538. The van der Waals surface area contributed by atoms with Gasteiger partial charge in [0.25, 0.3) is 10.1 Å². The zero-order chi connectivity index (χ0) is 23.2. The van der Waals surface area contributed by atoms with Crippen molar-refractivity contribution in [3.8, 4) is 17.2 Å². The number of hydrogen-bond acceptors (Lipinski definition) is 4. The molecule has 0 aliphatic carbocycles. The molecular formula is C26H38O5S. The van der Waals surface area contributed by atoms with Gasteiger partial charge in [0.1, 0.15) is 22.1 Å². The van der Waals surface area contributed by atoms with E-state index in [0.29, 0.717) is 5.75 Å². The quantitative estimate of drug-likeness (QED) is 0.197. The molecular weight excluding hydrogens is 424 g/mol. The first-order chi connectivity index (χ1) is 15.4. The highest BCUT2D eigenvalue weighted by Gasteiger charge is 2.18. The van der Waals surface area contributed by atoms with E-state index >= 15 is 0 Å². The monoisotopic (exact) mass is 462 g/mol. The largest absolute Gasteiger partial charge is 0.508 e. The normalized spacial score (nSPS) is 11.6. The Bertz CT molecular complexity index is 908. The van der Waals surface area contributed by atoms with Gasteiger partial charge in [0.05, 0.1) is 0 Å². The minimum Gasteiger partial charge on any atom is -0.508 e. The third-order valence-corrected chi connectivity index (χ3v) is 6.53. The predicted octanol–water partition coefficient (Wildman–Crippen LogP) is 7.67. The molecule has 0 atom stereocenters. The van der Waals surface area contributed by atoms with E-state index in [0.717, 1.165) is 24.8 Å². The summed E-state index contributed by atoms with van der Waals surface area (Å²) in [6.07, 6.45) is 16.0. The minimum atomic E-state index is -4.43. The average Bonchev–Trinajstić information content (AvgIpc) is 2.74. The summed E-state index contributed by atoms with van der Waals surface area (Å²) in [7, 11) is -4.43. The van der Waals surface area contributed by atoms with E-state index in [4.69, 9.17) is 4.74 Å². The van der Waals surface area contributed by atoms with Gasteiger partial charge in [0, 0.05) is 6.07 Å². The van der Waals surface area contributed by atoms with Crippen LogP contribution >= 0.6 is 0 Å². The predicted molar refractivity (Wildman–Crippen MR) is 129 cm³/mol. The highest BCUT2D eigenvalue weighted by molar-refractivity contribution is 7.86. The molecule has 0 unspecified atom stereocenters. The lowest BCUT2D eigenvalue weighted by Gasteiger charge is -2.11. The van der Waals surface area contributed by atoms with Gasteiger partial charge < -0.3 is 9.84 Å². The zero-order valence-corrected chi connectivity index (χ0v) is 20.1. The average molecular weight is 463 g/mol. The first-order valence-electron chi connectivity index (χ1n) is 12.0. The molecule has 2 aromatic carbocycles. The highest BCUT2D eigenvalue weighted by atomic mass is 32.2. The first kappa shape index (κ1) is 26.2. The van der Waals surface area contributed by atoms with Crippen LogP contribution in [-0.4, -0.2) is 18.1 Å². The molecule has 0 saturated carbocycles. The van der Waals surface area contributed by atoms with Gasteiger partial charge in [-0.1, -0.05) is 89.7 Å². The van der Waals surface area contributed by atoms with Crippen LogP contribution in [0.15, 0.2) is 47.4 Å². The van der Waals surface area contributed by atoms with Crippen LogP contribution in [0.2, 0.25) is 0 Å². The fourth-order valence-electron chi connectivity index (χ4n) is 3.84. The second-order valence-electron chi connectivity index (χ2n) is 8.49. The standard InChI is InChI=1S/C26H38O5S/c1-2-3-4-5-6-7-8-9-10-11-12-13-15-22-18-19-25(26(20-22)32(28,29)30)31-24-17-14-16-23(27)21-24/h14,16-21,27H,2-13,15H2,1H3,(H,28,29,30). The van der Waals surface area contributed by atoms with Gasteiger partial charge in [-0.2, -0.15) is 8.42 Å².